The molecule has 11 nitrogen and oxygen atoms in total. The van der Waals surface area contributed by atoms with E-state index < -0.39 is 5.82 Å². The van der Waals surface area contributed by atoms with E-state index in [1.54, 1.807) is 29.9 Å². The molecular formula is C38H43FN8O3. The molecule has 5 aliphatic rings. The van der Waals surface area contributed by atoms with Crippen LogP contribution in [-0.4, -0.2) is 99.0 Å². The van der Waals surface area contributed by atoms with Crippen LogP contribution in [-0.2, 0) is 13.5 Å². The van der Waals surface area contributed by atoms with E-state index in [1.165, 1.54) is 0 Å². The van der Waals surface area contributed by atoms with Crippen LogP contribution in [0.1, 0.15) is 54.7 Å². The minimum atomic E-state index is -0.503. The maximum absolute atomic E-state index is 17.2. The van der Waals surface area contributed by atoms with Crippen LogP contribution in [0, 0.1) is 11.7 Å². The number of nitrogens with zero attached hydrogens (tertiary/aromatic N) is 7. The summed E-state index contributed by atoms with van der Waals surface area (Å²) in [6.45, 7) is 4.57. The average molecular weight is 679 g/mol. The van der Waals surface area contributed by atoms with Gasteiger partial charge in [0.15, 0.2) is 11.5 Å². The highest BCUT2D eigenvalue weighted by Gasteiger charge is 2.49. The molecule has 5 atom stereocenters. The molecule has 4 aromatic heterocycles. The van der Waals surface area contributed by atoms with Gasteiger partial charge in [-0.25, -0.2) is 9.37 Å². The van der Waals surface area contributed by atoms with Crippen molar-refractivity contribution in [3.8, 4) is 34.1 Å². The SMILES string of the molecule is CC(Oc1nc2c(F)c(-c3cccc4c3OCCC4)ncc2c2c1cc(-c1cn(C)nc1C(=O)N(C)C)n2[C@H]1[C@H]2CN[C@@H]1C2)[C@@H]1CCCN1C. The van der Waals surface area contributed by atoms with E-state index in [0.29, 0.717) is 40.8 Å². The number of para-hydroxylation sites is 1. The second-order valence-electron chi connectivity index (χ2n) is 14.8. The Morgan fingerprint density at radius 2 is 2.04 bits per heavy atom. The number of carbonyl (C=O) groups excluding carboxylic acids is 1. The van der Waals surface area contributed by atoms with E-state index >= 15 is 4.39 Å². The Balaban J connectivity index is 1.32. The van der Waals surface area contributed by atoms with Crippen LogP contribution in [0.15, 0.2) is 36.7 Å². The smallest absolute Gasteiger partial charge is 0.274 e. The zero-order chi connectivity index (χ0) is 34.4. The Bertz CT molecular complexity index is 2160. The lowest BCUT2D eigenvalue weighted by Gasteiger charge is -2.37. The van der Waals surface area contributed by atoms with Crippen molar-refractivity contribution in [2.75, 3.05) is 40.8 Å². The van der Waals surface area contributed by atoms with Gasteiger partial charge in [0, 0.05) is 68.7 Å². The Morgan fingerprint density at radius 3 is 2.78 bits per heavy atom. The van der Waals surface area contributed by atoms with Gasteiger partial charge in [-0.2, -0.15) is 5.10 Å². The van der Waals surface area contributed by atoms with Crippen LogP contribution in [0.4, 0.5) is 4.39 Å². The number of aryl methyl sites for hydroxylation is 2. The fraction of sp³-hybridized carbons (Fsp3) is 0.474. The van der Waals surface area contributed by atoms with Crippen molar-refractivity contribution in [1.82, 2.24) is 39.4 Å². The highest BCUT2D eigenvalue weighted by atomic mass is 19.1. The van der Waals surface area contributed by atoms with Crippen molar-refractivity contribution < 1.29 is 18.7 Å². The van der Waals surface area contributed by atoms with E-state index in [2.05, 4.69) is 39.9 Å². The number of amides is 1. The lowest BCUT2D eigenvalue weighted by atomic mass is 9.79. The first-order valence-electron chi connectivity index (χ1n) is 17.8. The molecule has 2 bridgehead atoms. The monoisotopic (exact) mass is 678 g/mol. The summed E-state index contributed by atoms with van der Waals surface area (Å²) in [7, 11) is 7.42. The molecular weight excluding hydrogens is 635 g/mol. The topological polar surface area (TPSA) is 103 Å². The summed E-state index contributed by atoms with van der Waals surface area (Å²) in [5.41, 5.74) is 4.84. The first-order chi connectivity index (χ1) is 24.2. The highest BCUT2D eigenvalue weighted by molar-refractivity contribution is 6.10. The minimum absolute atomic E-state index is 0.0964. The number of fused-ring (bicyclic) bond motifs is 5. The predicted octanol–water partition coefficient (Wildman–Crippen LogP) is 5.21. The van der Waals surface area contributed by atoms with E-state index in [1.807, 2.05) is 31.4 Å². The number of pyridine rings is 2. The molecule has 1 N–H and O–H groups in total. The van der Waals surface area contributed by atoms with Crippen LogP contribution in [0.3, 0.4) is 0 Å². The third-order valence-electron chi connectivity index (χ3n) is 11.4. The molecule has 1 aliphatic carbocycles. The standard InChI is InChI=1S/C38H43FN8O3/c1-20(28-12-7-13-45(28)4)50-37-24-16-29(26-19-46(5)43-33(26)38(48)44(2)3)47(34-22-15-27(34)40-17-22)35(24)25-18-41-31(30(39)32(25)42-37)23-11-6-9-21-10-8-14-49-36(21)23/h6,9,11,16,18-20,22,27-28,34,40H,7-8,10,12-15,17H2,1-5H3/t20?,22-,27-,28+,34+/m1/s1. The van der Waals surface area contributed by atoms with E-state index in [0.717, 1.165) is 72.9 Å². The number of rotatable bonds is 7. The Labute approximate surface area is 290 Å². The molecule has 4 aliphatic heterocycles. The lowest BCUT2D eigenvalue weighted by Crippen LogP contribution is -2.39. The molecule has 4 fully saturated rings. The van der Waals surface area contributed by atoms with E-state index in [4.69, 9.17) is 19.4 Å². The van der Waals surface area contributed by atoms with Gasteiger partial charge in [0.2, 0.25) is 5.88 Å². The Kier molecular flexibility index (Phi) is 7.40. The molecule has 260 valence electrons. The van der Waals surface area contributed by atoms with Crippen molar-refractivity contribution >= 4 is 27.7 Å². The zero-order valence-electron chi connectivity index (χ0n) is 29.2. The van der Waals surface area contributed by atoms with E-state index in [-0.39, 0.29) is 41.3 Å². The Morgan fingerprint density at radius 1 is 1.18 bits per heavy atom. The second-order valence-corrected chi connectivity index (χ2v) is 14.8. The van der Waals surface area contributed by atoms with Crippen molar-refractivity contribution in [3.05, 3.63) is 53.7 Å². The quantitative estimate of drug-likeness (QED) is 0.250. The van der Waals surface area contributed by atoms with Gasteiger partial charge in [0.1, 0.15) is 23.1 Å². The zero-order valence-corrected chi connectivity index (χ0v) is 29.2. The lowest BCUT2D eigenvalue weighted by molar-refractivity contribution is 0.0821. The van der Waals surface area contributed by atoms with Crippen LogP contribution in [0.5, 0.6) is 11.6 Å². The molecule has 12 heteroatoms. The molecule has 10 rings (SSSR count). The number of nitrogens with one attached hydrogen (secondary N) is 1. The summed E-state index contributed by atoms with van der Waals surface area (Å²) in [5.74, 6) is 0.776. The number of hydrogen-bond donors (Lipinski definition) is 1. The van der Waals surface area contributed by atoms with Gasteiger partial charge in [-0.15, -0.1) is 0 Å². The summed E-state index contributed by atoms with van der Waals surface area (Å²) in [6.07, 6.45) is 8.46. The van der Waals surface area contributed by atoms with E-state index in [9.17, 15) is 4.79 Å². The number of likely N-dealkylation sites (N-methyl/N-ethyl adjacent to an activating group) is 1. The van der Waals surface area contributed by atoms with Gasteiger partial charge in [0.25, 0.3) is 5.91 Å². The molecule has 1 unspecified atom stereocenters. The number of aromatic nitrogens is 5. The molecule has 0 radical (unpaired) electrons. The number of carbonyl (C=O) groups is 1. The average Bonchev–Trinajstić information content (AvgIpc) is 3.94. The molecule has 5 aromatic rings. The molecule has 3 saturated heterocycles. The van der Waals surface area contributed by atoms with Gasteiger partial charge in [0.05, 0.1) is 29.2 Å². The number of halogens is 1. The molecule has 50 heavy (non-hydrogen) atoms. The summed E-state index contributed by atoms with van der Waals surface area (Å²) >= 11 is 0. The molecule has 8 heterocycles. The summed E-state index contributed by atoms with van der Waals surface area (Å²) in [6, 6.07) is 8.48. The maximum Gasteiger partial charge on any atom is 0.274 e. The van der Waals surface area contributed by atoms with Crippen molar-refractivity contribution in [3.63, 3.8) is 0 Å². The Hall–Kier alpha value is -4.55. The summed E-state index contributed by atoms with van der Waals surface area (Å²) in [4.78, 5) is 27.2. The van der Waals surface area contributed by atoms with Crippen molar-refractivity contribution in [2.45, 2.75) is 63.3 Å². The number of ether oxygens (including phenoxy) is 2. The highest BCUT2D eigenvalue weighted by Crippen LogP contribution is 2.51. The van der Waals surface area contributed by atoms with Gasteiger partial charge in [-0.05, 0) is 76.2 Å². The van der Waals surface area contributed by atoms with Crippen LogP contribution >= 0.6 is 0 Å². The van der Waals surface area contributed by atoms with Gasteiger partial charge < -0.3 is 24.3 Å². The second kappa shape index (κ2) is 11.8. The number of hydrogen-bond acceptors (Lipinski definition) is 8. The summed E-state index contributed by atoms with van der Waals surface area (Å²) in [5, 5.41) is 9.67. The van der Waals surface area contributed by atoms with Crippen LogP contribution in [0.2, 0.25) is 0 Å². The maximum atomic E-state index is 17.2. The van der Waals surface area contributed by atoms with Crippen molar-refractivity contribution in [1.29, 1.82) is 0 Å². The van der Waals surface area contributed by atoms with Gasteiger partial charge in [-0.3, -0.25) is 19.4 Å². The van der Waals surface area contributed by atoms with Gasteiger partial charge >= 0.3 is 0 Å². The van der Waals surface area contributed by atoms with Crippen LogP contribution < -0.4 is 14.8 Å². The largest absolute Gasteiger partial charge is 0.493 e. The molecule has 1 saturated carbocycles. The van der Waals surface area contributed by atoms with Crippen LogP contribution in [0.25, 0.3) is 44.3 Å². The third-order valence-corrected chi connectivity index (χ3v) is 11.4. The first-order valence-corrected chi connectivity index (χ1v) is 17.8. The first kappa shape index (κ1) is 31.4. The molecule has 0 spiro atoms. The fourth-order valence-electron chi connectivity index (χ4n) is 8.92. The van der Waals surface area contributed by atoms with Gasteiger partial charge in [-0.1, -0.05) is 12.1 Å². The normalized spacial score (nSPS) is 23.6. The molecule has 1 aromatic carbocycles. The summed E-state index contributed by atoms with van der Waals surface area (Å²) < 4.78 is 34.1. The minimum Gasteiger partial charge on any atom is -0.493 e. The predicted molar refractivity (Wildman–Crippen MR) is 189 cm³/mol. The molecule has 1 amide bonds. The van der Waals surface area contributed by atoms with Crippen molar-refractivity contribution in [2.24, 2.45) is 13.0 Å². The fourth-order valence-corrected chi connectivity index (χ4v) is 8.92. The number of benzene rings is 1. The third kappa shape index (κ3) is 4.75. The number of likely N-dealkylation sites (tertiary alicyclic amines) is 1.